The third-order valence-corrected chi connectivity index (χ3v) is 5.71. The Morgan fingerprint density at radius 3 is 2.51 bits per heavy atom. The summed E-state index contributed by atoms with van der Waals surface area (Å²) in [5.41, 5.74) is 0.309. The third kappa shape index (κ3) is 7.96. The molecule has 0 aromatic heterocycles. The van der Waals surface area contributed by atoms with E-state index < -0.39 is 35.9 Å². The normalized spacial score (nSPS) is 17.6. The number of allylic oxidation sites excluding steroid dienone is 1. The molecule has 0 saturated heterocycles. The number of ketones is 1. The first kappa shape index (κ1) is 28.6. The largest absolute Gasteiger partial charge is 0.493 e. The van der Waals surface area contributed by atoms with Crippen molar-refractivity contribution in [1.29, 1.82) is 0 Å². The second-order valence-corrected chi connectivity index (χ2v) is 9.50. The maximum absolute atomic E-state index is 12.8. The van der Waals surface area contributed by atoms with E-state index in [4.69, 9.17) is 23.7 Å². The monoisotopic (exact) mass is 555 g/mol. The number of amides is 1. The second kappa shape index (κ2) is 12.9. The highest BCUT2D eigenvalue weighted by Gasteiger charge is 2.38. The number of hydrogen-bond acceptors (Lipinski definition) is 8. The SMILES string of the molecule is CCO[C@H](CBr)Oc1c(OC)cccc1C1=CC(=O)CC[C@H]1[C@H](NC(=O)OC(C)(C)C)C(=O)OC. The quantitative estimate of drug-likeness (QED) is 0.259. The van der Waals surface area contributed by atoms with Gasteiger partial charge in [0.1, 0.15) is 11.6 Å². The van der Waals surface area contributed by atoms with Gasteiger partial charge in [-0.25, -0.2) is 9.59 Å². The van der Waals surface area contributed by atoms with Crippen molar-refractivity contribution in [2.24, 2.45) is 5.92 Å². The summed E-state index contributed by atoms with van der Waals surface area (Å²) in [7, 11) is 2.75. The number of hydrogen-bond donors (Lipinski definition) is 1. The zero-order valence-corrected chi connectivity index (χ0v) is 22.6. The highest BCUT2D eigenvalue weighted by Crippen LogP contribution is 2.43. The van der Waals surface area contributed by atoms with Crippen molar-refractivity contribution in [3.63, 3.8) is 0 Å². The smallest absolute Gasteiger partial charge is 0.408 e. The molecule has 1 aromatic carbocycles. The fourth-order valence-electron chi connectivity index (χ4n) is 3.77. The minimum absolute atomic E-state index is 0.104. The van der Waals surface area contributed by atoms with E-state index in [0.717, 1.165) is 0 Å². The Morgan fingerprint density at radius 1 is 1.23 bits per heavy atom. The number of carbonyl (C=O) groups is 3. The summed E-state index contributed by atoms with van der Waals surface area (Å²) in [4.78, 5) is 37.9. The number of methoxy groups -OCH3 is 2. The number of nitrogens with one attached hydrogen (secondary N) is 1. The molecule has 35 heavy (non-hydrogen) atoms. The lowest BCUT2D eigenvalue weighted by Crippen LogP contribution is -2.49. The van der Waals surface area contributed by atoms with Crippen molar-refractivity contribution in [2.45, 2.75) is 58.5 Å². The van der Waals surface area contributed by atoms with Gasteiger partial charge in [-0.2, -0.15) is 0 Å². The van der Waals surface area contributed by atoms with E-state index in [1.165, 1.54) is 20.3 Å². The Balaban J connectivity index is 2.56. The summed E-state index contributed by atoms with van der Waals surface area (Å²) in [6, 6.07) is 4.17. The molecule has 1 amide bonds. The summed E-state index contributed by atoms with van der Waals surface area (Å²) in [5.74, 6) is -0.552. The Bertz CT molecular complexity index is 940. The summed E-state index contributed by atoms with van der Waals surface area (Å²) < 4.78 is 27.6. The molecule has 0 spiro atoms. The zero-order chi connectivity index (χ0) is 26.2. The number of rotatable bonds is 10. The van der Waals surface area contributed by atoms with Crippen LogP contribution in [0.4, 0.5) is 4.79 Å². The molecule has 10 heteroatoms. The van der Waals surface area contributed by atoms with Gasteiger partial charge in [-0.3, -0.25) is 4.79 Å². The number of alkyl halides is 1. The standard InChI is InChI=1S/C25H34BrNO8/c1-7-33-20(14-26)34-22-17(9-8-10-19(22)31-5)18-13-15(28)11-12-16(18)21(23(29)32-6)27-24(30)35-25(2,3)4/h8-10,13,16,20-21H,7,11-12,14H2,1-6H3,(H,27,30)/t16-,20+,21+/m1/s1. The molecule has 0 saturated carbocycles. The molecular formula is C25H34BrNO8. The molecule has 2 rings (SSSR count). The predicted molar refractivity (Wildman–Crippen MR) is 134 cm³/mol. The third-order valence-electron chi connectivity index (χ3n) is 5.19. The molecule has 1 aliphatic rings. The molecular weight excluding hydrogens is 522 g/mol. The lowest BCUT2D eigenvalue weighted by atomic mass is 9.78. The van der Waals surface area contributed by atoms with E-state index in [1.54, 1.807) is 39.0 Å². The van der Waals surface area contributed by atoms with Crippen molar-refractivity contribution in [3.05, 3.63) is 29.8 Å². The number of para-hydroxylation sites is 1. The Hall–Kier alpha value is -2.59. The minimum atomic E-state index is -1.09. The summed E-state index contributed by atoms with van der Waals surface area (Å²) in [5, 5.41) is 3.03. The molecule has 0 heterocycles. The number of halogens is 1. The van der Waals surface area contributed by atoms with Gasteiger partial charge in [0.05, 0.1) is 19.5 Å². The average molecular weight is 556 g/mol. The van der Waals surface area contributed by atoms with Gasteiger partial charge in [-0.15, -0.1) is 0 Å². The molecule has 9 nitrogen and oxygen atoms in total. The van der Waals surface area contributed by atoms with E-state index in [2.05, 4.69) is 21.2 Å². The van der Waals surface area contributed by atoms with E-state index in [1.807, 2.05) is 6.92 Å². The van der Waals surface area contributed by atoms with Crippen LogP contribution in [0.25, 0.3) is 5.57 Å². The molecule has 0 fully saturated rings. The summed E-state index contributed by atoms with van der Waals surface area (Å²) in [6.45, 7) is 7.45. The lowest BCUT2D eigenvalue weighted by molar-refractivity contribution is -0.144. The number of benzene rings is 1. The highest BCUT2D eigenvalue weighted by molar-refractivity contribution is 9.09. The lowest BCUT2D eigenvalue weighted by Gasteiger charge is -2.32. The van der Waals surface area contributed by atoms with Crippen LogP contribution in [0, 0.1) is 5.92 Å². The second-order valence-electron chi connectivity index (χ2n) is 8.85. The number of esters is 1. The number of ether oxygens (including phenoxy) is 5. The summed E-state index contributed by atoms with van der Waals surface area (Å²) >= 11 is 3.38. The van der Waals surface area contributed by atoms with Crippen LogP contribution in [0.15, 0.2) is 24.3 Å². The van der Waals surface area contributed by atoms with Crippen molar-refractivity contribution in [3.8, 4) is 11.5 Å². The number of carbonyl (C=O) groups excluding carboxylic acids is 3. The van der Waals surface area contributed by atoms with Crippen LogP contribution in [0.5, 0.6) is 11.5 Å². The van der Waals surface area contributed by atoms with E-state index >= 15 is 0 Å². The van der Waals surface area contributed by atoms with Gasteiger partial charge in [0, 0.05) is 24.5 Å². The molecule has 0 aliphatic heterocycles. The Labute approximate surface area is 214 Å². The van der Waals surface area contributed by atoms with Gasteiger partial charge in [0.25, 0.3) is 0 Å². The fraction of sp³-hybridized carbons (Fsp3) is 0.560. The molecule has 0 bridgehead atoms. The van der Waals surface area contributed by atoms with Gasteiger partial charge in [0.15, 0.2) is 17.3 Å². The molecule has 194 valence electrons. The molecule has 0 radical (unpaired) electrons. The maximum atomic E-state index is 12.8. The highest BCUT2D eigenvalue weighted by atomic mass is 79.9. The van der Waals surface area contributed by atoms with Crippen molar-refractivity contribution in [1.82, 2.24) is 5.32 Å². The molecule has 1 aliphatic carbocycles. The average Bonchev–Trinajstić information content (AvgIpc) is 2.80. The fourth-order valence-corrected chi connectivity index (χ4v) is 4.09. The minimum Gasteiger partial charge on any atom is -0.493 e. The van der Waals surface area contributed by atoms with E-state index in [-0.39, 0.29) is 12.2 Å². The number of alkyl carbamates (subject to hydrolysis) is 1. The van der Waals surface area contributed by atoms with Crippen LogP contribution in [0.1, 0.15) is 46.1 Å². The van der Waals surface area contributed by atoms with Crippen LogP contribution in [0.2, 0.25) is 0 Å². The molecule has 1 N–H and O–H groups in total. The first-order valence-corrected chi connectivity index (χ1v) is 12.5. The molecule has 3 atom stereocenters. The molecule has 1 aromatic rings. The Kier molecular flexibility index (Phi) is 10.6. The Morgan fingerprint density at radius 2 is 1.94 bits per heavy atom. The van der Waals surface area contributed by atoms with Crippen LogP contribution in [-0.2, 0) is 23.8 Å². The first-order chi connectivity index (χ1) is 16.5. The molecule has 0 unspecified atom stereocenters. The topological polar surface area (TPSA) is 109 Å². The van der Waals surface area contributed by atoms with Crippen molar-refractivity contribution >= 4 is 39.3 Å². The van der Waals surface area contributed by atoms with E-state index in [0.29, 0.717) is 41.0 Å². The van der Waals surface area contributed by atoms with Crippen LogP contribution in [-0.4, -0.2) is 61.9 Å². The summed E-state index contributed by atoms with van der Waals surface area (Å²) in [6.07, 6.45) is 0.615. The van der Waals surface area contributed by atoms with Gasteiger partial charge < -0.3 is 29.0 Å². The van der Waals surface area contributed by atoms with Crippen molar-refractivity contribution in [2.75, 3.05) is 26.2 Å². The zero-order valence-electron chi connectivity index (χ0n) is 21.0. The van der Waals surface area contributed by atoms with Gasteiger partial charge in [-0.05, 0) is 51.8 Å². The maximum Gasteiger partial charge on any atom is 0.408 e. The van der Waals surface area contributed by atoms with E-state index in [9.17, 15) is 14.4 Å². The first-order valence-electron chi connectivity index (χ1n) is 11.4. The van der Waals surface area contributed by atoms with Gasteiger partial charge >= 0.3 is 12.1 Å². The van der Waals surface area contributed by atoms with Crippen LogP contribution >= 0.6 is 15.9 Å². The predicted octanol–water partition coefficient (Wildman–Crippen LogP) is 4.26. The van der Waals surface area contributed by atoms with Gasteiger partial charge in [0.2, 0.25) is 6.29 Å². The van der Waals surface area contributed by atoms with Gasteiger partial charge in [-0.1, -0.05) is 28.1 Å². The van der Waals surface area contributed by atoms with Crippen LogP contribution < -0.4 is 14.8 Å². The van der Waals surface area contributed by atoms with Crippen LogP contribution in [0.3, 0.4) is 0 Å². The van der Waals surface area contributed by atoms with Crippen molar-refractivity contribution < 1.29 is 38.1 Å².